The lowest BCUT2D eigenvalue weighted by molar-refractivity contribution is 0.355. The van der Waals surface area contributed by atoms with E-state index >= 15 is 0 Å². The lowest BCUT2D eigenvalue weighted by Gasteiger charge is -2.22. The molecule has 0 saturated carbocycles. The summed E-state index contributed by atoms with van der Waals surface area (Å²) >= 11 is 0. The summed E-state index contributed by atoms with van der Waals surface area (Å²) in [6, 6.07) is 12.7. The molecule has 4 heteroatoms. The molecule has 1 fully saturated rings. The molecule has 1 saturated heterocycles. The van der Waals surface area contributed by atoms with E-state index in [1.165, 1.54) is 17.7 Å². The number of nitrogens with one attached hydrogen (secondary N) is 1. The Hall–Kier alpha value is -2.33. The van der Waals surface area contributed by atoms with Crippen LogP contribution in [0.3, 0.4) is 0 Å². The topological polar surface area (TPSA) is 30.5 Å². The van der Waals surface area contributed by atoms with Crippen LogP contribution in [0.2, 0.25) is 0 Å². The number of hydrogen-bond acceptors (Lipinski definition) is 3. The van der Waals surface area contributed by atoms with Crippen LogP contribution in [0.5, 0.6) is 11.5 Å². The van der Waals surface area contributed by atoms with E-state index in [1.54, 1.807) is 14.2 Å². The molecule has 0 aliphatic carbocycles. The second-order valence-electron chi connectivity index (χ2n) is 5.81. The molecule has 1 N–H and O–H groups in total. The monoisotopic (exact) mass is 327 g/mol. The summed E-state index contributed by atoms with van der Waals surface area (Å²) in [6.07, 6.45) is 1.97. The van der Waals surface area contributed by atoms with Gasteiger partial charge in [-0.3, -0.25) is 0 Å². The van der Waals surface area contributed by atoms with E-state index in [1.807, 2.05) is 30.3 Å². The summed E-state index contributed by atoms with van der Waals surface area (Å²) < 4.78 is 24.1. The highest BCUT2D eigenvalue weighted by Crippen LogP contribution is 2.36. The molecule has 0 bridgehead atoms. The molecule has 3 rings (SSSR count). The van der Waals surface area contributed by atoms with E-state index in [0.717, 1.165) is 42.6 Å². The molecular formula is C20H22FNO2. The fraction of sp³-hybridized carbons (Fsp3) is 0.300. The summed E-state index contributed by atoms with van der Waals surface area (Å²) in [6.45, 7) is 1.93. The minimum Gasteiger partial charge on any atom is -0.493 e. The molecule has 0 spiro atoms. The molecule has 126 valence electrons. The van der Waals surface area contributed by atoms with Gasteiger partial charge >= 0.3 is 0 Å². The first-order valence-electron chi connectivity index (χ1n) is 8.14. The van der Waals surface area contributed by atoms with Crippen LogP contribution < -0.4 is 14.8 Å². The average Bonchev–Trinajstić information content (AvgIpc) is 2.64. The Morgan fingerprint density at radius 1 is 0.875 bits per heavy atom. The molecule has 0 unspecified atom stereocenters. The van der Waals surface area contributed by atoms with Gasteiger partial charge < -0.3 is 14.8 Å². The predicted octanol–water partition coefficient (Wildman–Crippen LogP) is 4.03. The largest absolute Gasteiger partial charge is 0.493 e. The first kappa shape index (κ1) is 16.5. The van der Waals surface area contributed by atoms with Crippen molar-refractivity contribution in [1.29, 1.82) is 0 Å². The number of halogens is 1. The average molecular weight is 327 g/mol. The number of benzene rings is 2. The first-order chi connectivity index (χ1) is 11.7. The summed E-state index contributed by atoms with van der Waals surface area (Å²) in [4.78, 5) is 0. The summed E-state index contributed by atoms with van der Waals surface area (Å²) in [5, 5.41) is 3.38. The van der Waals surface area contributed by atoms with Gasteiger partial charge in [0.2, 0.25) is 0 Å². The molecule has 1 aliphatic heterocycles. The third kappa shape index (κ3) is 3.44. The minimum atomic E-state index is -0.222. The van der Waals surface area contributed by atoms with Gasteiger partial charge in [-0.25, -0.2) is 4.39 Å². The van der Waals surface area contributed by atoms with E-state index in [2.05, 4.69) is 5.32 Å². The molecule has 1 aliphatic rings. The van der Waals surface area contributed by atoms with Gasteiger partial charge in [0.25, 0.3) is 0 Å². The first-order valence-corrected chi connectivity index (χ1v) is 8.14. The Morgan fingerprint density at radius 3 is 2.12 bits per heavy atom. The fourth-order valence-corrected chi connectivity index (χ4v) is 3.16. The van der Waals surface area contributed by atoms with Crippen LogP contribution in [0, 0.1) is 5.82 Å². The zero-order valence-electron chi connectivity index (χ0n) is 14.1. The van der Waals surface area contributed by atoms with Gasteiger partial charge in [-0.15, -0.1) is 0 Å². The van der Waals surface area contributed by atoms with Gasteiger partial charge in [-0.05, 0) is 66.9 Å². The van der Waals surface area contributed by atoms with Gasteiger partial charge in [-0.1, -0.05) is 23.8 Å². The van der Waals surface area contributed by atoms with Crippen molar-refractivity contribution in [1.82, 2.24) is 5.32 Å². The van der Waals surface area contributed by atoms with Crippen LogP contribution in [0.4, 0.5) is 4.39 Å². The van der Waals surface area contributed by atoms with Crippen molar-refractivity contribution in [2.75, 3.05) is 27.3 Å². The van der Waals surface area contributed by atoms with Crippen molar-refractivity contribution in [3.05, 3.63) is 65.0 Å². The standard InChI is InChI=1S/C20H22FNO2/c1-23-18-8-5-16(13-19(18)24-2)20(15-9-11-22-12-10-15)14-3-6-17(21)7-4-14/h3-8,13,22H,9-12H2,1-2H3. The molecule has 3 nitrogen and oxygen atoms in total. The Balaban J connectivity index is 2.13. The number of ether oxygens (including phenoxy) is 2. The van der Waals surface area contributed by atoms with Crippen LogP contribution in [-0.4, -0.2) is 27.3 Å². The van der Waals surface area contributed by atoms with Crippen molar-refractivity contribution in [3.8, 4) is 11.5 Å². The maximum absolute atomic E-state index is 13.3. The SMILES string of the molecule is COc1ccc(C(=C2CCNCC2)c2ccc(F)cc2)cc1OC. The van der Waals surface area contributed by atoms with Crippen LogP contribution in [-0.2, 0) is 0 Å². The van der Waals surface area contributed by atoms with E-state index in [9.17, 15) is 4.39 Å². The molecule has 0 radical (unpaired) electrons. The van der Waals surface area contributed by atoms with Gasteiger partial charge in [0, 0.05) is 0 Å². The summed E-state index contributed by atoms with van der Waals surface area (Å²) in [5.74, 6) is 1.18. The zero-order valence-corrected chi connectivity index (χ0v) is 14.1. The quantitative estimate of drug-likeness (QED) is 0.920. The van der Waals surface area contributed by atoms with E-state index in [-0.39, 0.29) is 5.82 Å². The molecular weight excluding hydrogens is 305 g/mol. The maximum atomic E-state index is 13.3. The molecule has 2 aromatic carbocycles. The van der Waals surface area contributed by atoms with Gasteiger partial charge in [0.05, 0.1) is 14.2 Å². The Labute approximate surface area is 142 Å². The van der Waals surface area contributed by atoms with Crippen LogP contribution in [0.1, 0.15) is 24.0 Å². The van der Waals surface area contributed by atoms with Gasteiger partial charge in [0.1, 0.15) is 5.82 Å². The highest BCUT2D eigenvalue weighted by Gasteiger charge is 2.16. The van der Waals surface area contributed by atoms with Crippen LogP contribution >= 0.6 is 0 Å². The van der Waals surface area contributed by atoms with Crippen molar-refractivity contribution in [2.24, 2.45) is 0 Å². The maximum Gasteiger partial charge on any atom is 0.161 e. The number of methoxy groups -OCH3 is 2. The molecule has 2 aromatic rings. The number of piperidine rings is 1. The lowest BCUT2D eigenvalue weighted by Crippen LogP contribution is -2.23. The Kier molecular flexibility index (Phi) is 5.16. The van der Waals surface area contributed by atoms with E-state index < -0.39 is 0 Å². The lowest BCUT2D eigenvalue weighted by atomic mass is 9.88. The van der Waals surface area contributed by atoms with E-state index in [4.69, 9.17) is 9.47 Å². The number of rotatable bonds is 4. The fourth-order valence-electron chi connectivity index (χ4n) is 3.16. The second kappa shape index (κ2) is 7.49. The second-order valence-corrected chi connectivity index (χ2v) is 5.81. The minimum absolute atomic E-state index is 0.222. The molecule has 1 heterocycles. The molecule has 24 heavy (non-hydrogen) atoms. The van der Waals surface area contributed by atoms with Gasteiger partial charge in [0.15, 0.2) is 11.5 Å². The smallest absolute Gasteiger partial charge is 0.161 e. The Bertz CT molecular complexity index is 730. The molecule has 0 atom stereocenters. The van der Waals surface area contributed by atoms with Crippen LogP contribution in [0.25, 0.3) is 5.57 Å². The van der Waals surface area contributed by atoms with Crippen LogP contribution in [0.15, 0.2) is 48.0 Å². The van der Waals surface area contributed by atoms with Crippen molar-refractivity contribution in [3.63, 3.8) is 0 Å². The zero-order chi connectivity index (χ0) is 16.9. The van der Waals surface area contributed by atoms with Crippen molar-refractivity contribution >= 4 is 5.57 Å². The third-order valence-corrected chi connectivity index (χ3v) is 4.37. The highest BCUT2D eigenvalue weighted by atomic mass is 19.1. The van der Waals surface area contributed by atoms with E-state index in [0.29, 0.717) is 11.5 Å². The molecule has 0 amide bonds. The third-order valence-electron chi connectivity index (χ3n) is 4.37. The van der Waals surface area contributed by atoms with Crippen molar-refractivity contribution in [2.45, 2.75) is 12.8 Å². The molecule has 0 aromatic heterocycles. The highest BCUT2D eigenvalue weighted by molar-refractivity contribution is 5.83. The summed E-state index contributed by atoms with van der Waals surface area (Å²) in [7, 11) is 3.26. The predicted molar refractivity (Wildman–Crippen MR) is 94.1 cm³/mol. The van der Waals surface area contributed by atoms with Crippen molar-refractivity contribution < 1.29 is 13.9 Å². The normalized spacial score (nSPS) is 14.4. The summed E-state index contributed by atoms with van der Waals surface area (Å²) in [5.41, 5.74) is 4.64. The Morgan fingerprint density at radius 2 is 1.50 bits per heavy atom. The van der Waals surface area contributed by atoms with Gasteiger partial charge in [-0.2, -0.15) is 0 Å². The number of hydrogen-bond donors (Lipinski definition) is 1.